The molecule has 0 fully saturated rings. The van der Waals surface area contributed by atoms with Gasteiger partial charge in [0.05, 0.1) is 5.56 Å². The van der Waals surface area contributed by atoms with Crippen LogP contribution in [0.5, 0.6) is 0 Å². The van der Waals surface area contributed by atoms with Crippen LogP contribution >= 0.6 is 34.2 Å². The van der Waals surface area contributed by atoms with Gasteiger partial charge in [0.15, 0.2) is 0 Å². The number of nitrogens with one attached hydrogen (secondary N) is 2. The summed E-state index contributed by atoms with van der Waals surface area (Å²) in [7, 11) is 0. The maximum absolute atomic E-state index is 11.9. The van der Waals surface area contributed by atoms with Gasteiger partial charge in [-0.15, -0.1) is 5.10 Å². The second-order valence-corrected chi connectivity index (χ2v) is 4.92. The fraction of sp³-hybridized carbons (Fsp3) is 0.100. The van der Waals surface area contributed by atoms with Gasteiger partial charge in [0.1, 0.15) is 5.82 Å². The minimum atomic E-state index is -0.282. The first-order chi connectivity index (χ1) is 8.06. The average molecular weight is 363 g/mol. The first kappa shape index (κ1) is 12.3. The molecule has 0 radical (unpaired) electrons. The van der Waals surface area contributed by atoms with E-state index in [1.54, 1.807) is 25.1 Å². The average Bonchev–Trinajstić information content (AvgIpc) is 2.67. The molecule has 1 aromatic carbocycles. The number of rotatable bonds is 2. The molecule has 88 valence electrons. The predicted molar refractivity (Wildman–Crippen MR) is 73.2 cm³/mol. The van der Waals surface area contributed by atoms with Crippen LogP contribution in [0.2, 0.25) is 5.02 Å². The summed E-state index contributed by atoms with van der Waals surface area (Å²) < 4.78 is 0.816. The largest absolute Gasteiger partial charge is 0.289 e. The molecule has 0 bridgehead atoms. The molecule has 17 heavy (non-hydrogen) atoms. The Morgan fingerprint density at radius 3 is 2.94 bits per heavy atom. The predicted octanol–water partition coefficient (Wildman–Crippen LogP) is 2.62. The van der Waals surface area contributed by atoms with Crippen molar-refractivity contribution in [1.29, 1.82) is 0 Å². The number of amides is 1. The number of aromatic nitrogens is 3. The number of anilines is 1. The van der Waals surface area contributed by atoms with Gasteiger partial charge in [-0.3, -0.25) is 15.2 Å². The third-order valence-electron chi connectivity index (χ3n) is 2.00. The third kappa shape index (κ3) is 2.95. The molecule has 2 rings (SSSR count). The van der Waals surface area contributed by atoms with Crippen molar-refractivity contribution >= 4 is 46.0 Å². The highest BCUT2D eigenvalue weighted by Crippen LogP contribution is 2.18. The molecule has 2 aromatic rings. The topological polar surface area (TPSA) is 70.7 Å². The Hall–Kier alpha value is -1.15. The Morgan fingerprint density at radius 2 is 2.29 bits per heavy atom. The molecule has 2 N–H and O–H groups in total. The van der Waals surface area contributed by atoms with Gasteiger partial charge in [0, 0.05) is 8.59 Å². The number of H-pyrrole nitrogens is 1. The third-order valence-corrected chi connectivity index (χ3v) is 3.17. The van der Waals surface area contributed by atoms with Crippen molar-refractivity contribution in [3.8, 4) is 0 Å². The second-order valence-electron chi connectivity index (χ2n) is 3.32. The van der Waals surface area contributed by atoms with E-state index in [4.69, 9.17) is 11.6 Å². The SMILES string of the molecule is Cc1nc(NC(=O)c2cc(Cl)ccc2I)n[nH]1. The maximum atomic E-state index is 11.9. The van der Waals surface area contributed by atoms with Crippen LogP contribution in [-0.4, -0.2) is 21.1 Å². The summed E-state index contributed by atoms with van der Waals surface area (Å²) in [6, 6.07) is 5.12. The summed E-state index contributed by atoms with van der Waals surface area (Å²) in [6.45, 7) is 1.76. The van der Waals surface area contributed by atoms with Crippen LogP contribution in [0.15, 0.2) is 18.2 Å². The Kier molecular flexibility index (Phi) is 3.63. The van der Waals surface area contributed by atoms with Gasteiger partial charge < -0.3 is 0 Å². The number of hydrogen-bond acceptors (Lipinski definition) is 3. The minimum absolute atomic E-state index is 0.253. The smallest absolute Gasteiger partial charge is 0.259 e. The summed E-state index contributed by atoms with van der Waals surface area (Å²) in [6.07, 6.45) is 0. The van der Waals surface area contributed by atoms with Gasteiger partial charge in [-0.05, 0) is 47.7 Å². The van der Waals surface area contributed by atoms with Crippen LogP contribution in [-0.2, 0) is 0 Å². The molecule has 0 spiro atoms. The highest BCUT2D eigenvalue weighted by atomic mass is 127. The Morgan fingerprint density at radius 1 is 1.53 bits per heavy atom. The molecular formula is C10H8ClIN4O. The van der Waals surface area contributed by atoms with Gasteiger partial charge in [-0.25, -0.2) is 0 Å². The lowest BCUT2D eigenvalue weighted by Gasteiger charge is -2.04. The van der Waals surface area contributed by atoms with Crippen LogP contribution in [0, 0.1) is 10.5 Å². The van der Waals surface area contributed by atoms with Gasteiger partial charge in [0.2, 0.25) is 5.95 Å². The zero-order chi connectivity index (χ0) is 12.4. The number of benzene rings is 1. The maximum Gasteiger partial charge on any atom is 0.259 e. The number of aryl methyl sites for hydroxylation is 1. The fourth-order valence-corrected chi connectivity index (χ4v) is 1.99. The van der Waals surface area contributed by atoms with E-state index >= 15 is 0 Å². The Bertz CT molecular complexity index is 569. The highest BCUT2D eigenvalue weighted by molar-refractivity contribution is 14.1. The molecule has 0 saturated carbocycles. The van der Waals surface area contributed by atoms with E-state index < -0.39 is 0 Å². The molecule has 0 atom stereocenters. The second kappa shape index (κ2) is 5.01. The van der Waals surface area contributed by atoms with Crippen LogP contribution < -0.4 is 5.32 Å². The lowest BCUT2D eigenvalue weighted by molar-refractivity contribution is 0.102. The van der Waals surface area contributed by atoms with Crippen molar-refractivity contribution in [3.63, 3.8) is 0 Å². The van der Waals surface area contributed by atoms with Crippen molar-refractivity contribution in [1.82, 2.24) is 15.2 Å². The zero-order valence-corrected chi connectivity index (χ0v) is 11.7. The van der Waals surface area contributed by atoms with Crippen LogP contribution in [0.25, 0.3) is 0 Å². The molecule has 1 aromatic heterocycles. The Balaban J connectivity index is 2.22. The fourth-order valence-electron chi connectivity index (χ4n) is 1.24. The molecule has 0 saturated heterocycles. The molecule has 0 aliphatic rings. The van der Waals surface area contributed by atoms with Crippen LogP contribution in [0.1, 0.15) is 16.2 Å². The van der Waals surface area contributed by atoms with Crippen LogP contribution in [0.3, 0.4) is 0 Å². The Labute approximate surface area is 116 Å². The van der Waals surface area contributed by atoms with Crippen molar-refractivity contribution < 1.29 is 4.79 Å². The summed E-state index contributed by atoms with van der Waals surface area (Å²) in [5, 5.41) is 9.58. The molecule has 1 heterocycles. The lowest BCUT2D eigenvalue weighted by atomic mass is 10.2. The summed E-state index contributed by atoms with van der Waals surface area (Å²) in [4.78, 5) is 15.9. The van der Waals surface area contributed by atoms with E-state index in [1.807, 2.05) is 0 Å². The quantitative estimate of drug-likeness (QED) is 0.807. The van der Waals surface area contributed by atoms with E-state index in [-0.39, 0.29) is 11.9 Å². The number of nitrogens with zero attached hydrogens (tertiary/aromatic N) is 2. The van der Waals surface area contributed by atoms with E-state index in [0.717, 1.165) is 3.57 Å². The monoisotopic (exact) mass is 362 g/mol. The molecule has 5 nitrogen and oxygen atoms in total. The molecule has 0 aliphatic heterocycles. The van der Waals surface area contributed by atoms with Gasteiger partial charge in [-0.1, -0.05) is 11.6 Å². The van der Waals surface area contributed by atoms with Crippen molar-refractivity contribution in [3.05, 3.63) is 38.2 Å². The van der Waals surface area contributed by atoms with E-state index in [1.165, 1.54) is 0 Å². The molecule has 0 aliphatic carbocycles. The minimum Gasteiger partial charge on any atom is -0.289 e. The van der Waals surface area contributed by atoms with Crippen molar-refractivity contribution in [2.75, 3.05) is 5.32 Å². The number of aromatic amines is 1. The van der Waals surface area contributed by atoms with Gasteiger partial charge >= 0.3 is 0 Å². The molecule has 7 heteroatoms. The van der Waals surface area contributed by atoms with Crippen LogP contribution in [0.4, 0.5) is 5.95 Å². The van der Waals surface area contributed by atoms with Crippen molar-refractivity contribution in [2.24, 2.45) is 0 Å². The molecule has 1 amide bonds. The van der Waals surface area contributed by atoms with Crippen molar-refractivity contribution in [2.45, 2.75) is 6.92 Å². The van der Waals surface area contributed by atoms with E-state index in [0.29, 0.717) is 16.4 Å². The summed E-state index contributed by atoms with van der Waals surface area (Å²) >= 11 is 7.92. The summed E-state index contributed by atoms with van der Waals surface area (Å²) in [5.41, 5.74) is 0.501. The number of hydrogen-bond donors (Lipinski definition) is 2. The standard InChI is InChI=1S/C10H8ClIN4O/c1-5-13-10(16-15-5)14-9(17)7-4-6(11)2-3-8(7)12/h2-4H,1H3,(H2,13,14,15,16,17). The zero-order valence-electron chi connectivity index (χ0n) is 8.79. The van der Waals surface area contributed by atoms with Gasteiger partial charge in [0.25, 0.3) is 5.91 Å². The first-order valence-corrected chi connectivity index (χ1v) is 6.17. The summed E-state index contributed by atoms with van der Waals surface area (Å²) in [5.74, 6) is 0.611. The first-order valence-electron chi connectivity index (χ1n) is 4.71. The number of halogens is 2. The normalized spacial score (nSPS) is 10.3. The number of carbonyl (C=O) groups excluding carboxylic acids is 1. The highest BCUT2D eigenvalue weighted by Gasteiger charge is 2.12. The number of carbonyl (C=O) groups is 1. The van der Waals surface area contributed by atoms with E-state index in [2.05, 4.69) is 43.1 Å². The molecule has 0 unspecified atom stereocenters. The van der Waals surface area contributed by atoms with Gasteiger partial charge in [-0.2, -0.15) is 4.98 Å². The van der Waals surface area contributed by atoms with E-state index in [9.17, 15) is 4.79 Å². The lowest BCUT2D eigenvalue weighted by Crippen LogP contribution is -2.14. The molecular weight excluding hydrogens is 354 g/mol.